The molecule has 0 aromatic carbocycles. The van der Waals surface area contributed by atoms with Gasteiger partial charge in [-0.2, -0.15) is 0 Å². The number of aliphatic hydroxyl groups excluding tert-OH is 1. The SMILES string of the molecule is CC(C)C1=C2C3CCC4C5(C)CCC(OC(=O)CC(C)(C)C(=O)O)C(C)(C)C5CCC4(C)C3(C)CCC2(C(O)CN(CCN(C)C)Cc2cncs2)CC1=O. The third kappa shape index (κ3) is 7.09. The first-order chi connectivity index (χ1) is 25.5. The Morgan fingerprint density at radius 3 is 2.31 bits per heavy atom. The van der Waals surface area contributed by atoms with Gasteiger partial charge in [0.2, 0.25) is 0 Å². The Morgan fingerprint density at radius 2 is 1.69 bits per heavy atom. The van der Waals surface area contributed by atoms with Crippen molar-refractivity contribution >= 4 is 29.1 Å². The summed E-state index contributed by atoms with van der Waals surface area (Å²) in [6.07, 6.45) is 9.18. The summed E-state index contributed by atoms with van der Waals surface area (Å²) in [5.74, 6) is 0.0603. The number of thiazole rings is 1. The van der Waals surface area contributed by atoms with Crippen molar-refractivity contribution in [3.63, 3.8) is 0 Å². The predicted molar refractivity (Wildman–Crippen MR) is 217 cm³/mol. The Labute approximate surface area is 335 Å². The van der Waals surface area contributed by atoms with Gasteiger partial charge in [-0.05, 0) is 125 Å². The minimum Gasteiger partial charge on any atom is -0.481 e. The lowest BCUT2D eigenvalue weighted by Gasteiger charge is -2.72. The van der Waals surface area contributed by atoms with Crippen LogP contribution in [0.1, 0.15) is 131 Å². The maximum Gasteiger partial charge on any atom is 0.309 e. The number of ketones is 1. The van der Waals surface area contributed by atoms with Crippen LogP contribution in [-0.2, 0) is 25.7 Å². The van der Waals surface area contributed by atoms with Crippen LogP contribution in [0.3, 0.4) is 0 Å². The average molecular weight is 782 g/mol. The molecule has 0 saturated heterocycles. The summed E-state index contributed by atoms with van der Waals surface area (Å²) in [4.78, 5) is 49.3. The van der Waals surface area contributed by atoms with Crippen molar-refractivity contribution in [1.29, 1.82) is 0 Å². The second kappa shape index (κ2) is 14.9. The molecule has 1 aromatic heterocycles. The molecule has 5 aliphatic rings. The molecule has 4 saturated carbocycles. The maximum atomic E-state index is 14.3. The molecular formula is C45H71N3O6S. The number of ether oxygens (including phenoxy) is 1. The van der Waals surface area contributed by atoms with Crippen molar-refractivity contribution in [1.82, 2.24) is 14.8 Å². The molecule has 0 radical (unpaired) electrons. The first-order valence-corrected chi connectivity index (χ1v) is 22.0. The van der Waals surface area contributed by atoms with E-state index in [4.69, 9.17) is 4.74 Å². The summed E-state index contributed by atoms with van der Waals surface area (Å²) in [6.45, 7) is 22.7. The van der Waals surface area contributed by atoms with Gasteiger partial charge in [-0.15, -0.1) is 11.3 Å². The zero-order valence-electron chi connectivity index (χ0n) is 35.8. The fraction of sp³-hybridized carbons (Fsp3) is 0.822. The molecule has 0 amide bonds. The van der Waals surface area contributed by atoms with Crippen LogP contribution in [0.2, 0.25) is 0 Å². The molecule has 9 nitrogen and oxygen atoms in total. The van der Waals surface area contributed by atoms with E-state index in [1.54, 1.807) is 25.2 Å². The number of hydrogen-bond acceptors (Lipinski definition) is 9. The van der Waals surface area contributed by atoms with E-state index >= 15 is 0 Å². The van der Waals surface area contributed by atoms with Gasteiger partial charge < -0.3 is 19.8 Å². The molecule has 6 rings (SSSR count). The normalized spacial score (nSPS) is 36.4. The number of esters is 1. The van der Waals surface area contributed by atoms with Crippen molar-refractivity contribution < 1.29 is 29.3 Å². The van der Waals surface area contributed by atoms with E-state index in [1.165, 1.54) is 10.5 Å². The number of hydrogen-bond donors (Lipinski definition) is 2. The minimum atomic E-state index is -1.17. The van der Waals surface area contributed by atoms with Gasteiger partial charge in [0.15, 0.2) is 5.78 Å². The van der Waals surface area contributed by atoms with E-state index in [0.29, 0.717) is 24.8 Å². The van der Waals surface area contributed by atoms with Gasteiger partial charge in [0.1, 0.15) is 6.10 Å². The third-order valence-electron chi connectivity index (χ3n) is 16.7. The van der Waals surface area contributed by atoms with E-state index in [-0.39, 0.29) is 51.8 Å². The van der Waals surface area contributed by atoms with Crippen LogP contribution in [0, 0.1) is 56.2 Å². The molecule has 0 bridgehead atoms. The van der Waals surface area contributed by atoms with Crippen molar-refractivity contribution in [3.8, 4) is 0 Å². The van der Waals surface area contributed by atoms with E-state index < -0.39 is 28.9 Å². The molecule has 4 fully saturated rings. The number of aliphatic carboxylic acids is 1. The molecule has 5 aliphatic carbocycles. The number of fused-ring (bicyclic) bond motifs is 7. The van der Waals surface area contributed by atoms with Crippen molar-refractivity contribution in [3.05, 3.63) is 27.7 Å². The highest BCUT2D eigenvalue weighted by atomic mass is 32.1. The van der Waals surface area contributed by atoms with E-state index in [0.717, 1.165) is 76.6 Å². The monoisotopic (exact) mass is 782 g/mol. The number of carbonyl (C=O) groups is 3. The van der Waals surface area contributed by atoms with Gasteiger partial charge in [0, 0.05) is 54.5 Å². The minimum absolute atomic E-state index is 0.0175. The zero-order valence-corrected chi connectivity index (χ0v) is 36.6. The zero-order chi connectivity index (χ0) is 40.5. The second-order valence-electron chi connectivity index (χ2n) is 21.1. The number of nitrogens with zero attached hydrogens (tertiary/aromatic N) is 3. The highest BCUT2D eigenvalue weighted by molar-refractivity contribution is 7.09. The van der Waals surface area contributed by atoms with Crippen LogP contribution in [0.15, 0.2) is 22.9 Å². The fourth-order valence-electron chi connectivity index (χ4n) is 13.4. The van der Waals surface area contributed by atoms with Crippen LogP contribution in [-0.4, -0.2) is 88.7 Å². The topological polar surface area (TPSA) is 120 Å². The van der Waals surface area contributed by atoms with Crippen molar-refractivity contribution in [2.45, 2.75) is 145 Å². The number of Topliss-reactive ketones (excluding diaryl/α,β-unsaturated/α-hetero) is 1. The number of rotatable bonds is 13. The molecule has 10 heteroatoms. The number of aliphatic hydroxyl groups is 1. The smallest absolute Gasteiger partial charge is 0.309 e. The summed E-state index contributed by atoms with van der Waals surface area (Å²) in [5.41, 5.74) is 2.34. The van der Waals surface area contributed by atoms with Gasteiger partial charge in [0.05, 0.1) is 23.5 Å². The standard InChI is InChI=1S/C45H71N3O6S/c1-28(2)37-31(49)22-45(34(50)26-48(21-20-47(10)11)25-29-24-46-27-55-29)19-18-43(8)30(38(37)45)12-13-33-42(7)16-15-35(54-36(51)23-40(3,4)39(52)53)41(5,6)32(42)14-17-44(33,43)9/h24,27-28,30,32-35,50H,12-23,25-26H2,1-11H3,(H,52,53). The average Bonchev–Trinajstić information content (AvgIpc) is 3.70. The number of allylic oxidation sites excluding steroid dienone is 1. The summed E-state index contributed by atoms with van der Waals surface area (Å²) >= 11 is 1.65. The molecule has 9 atom stereocenters. The summed E-state index contributed by atoms with van der Waals surface area (Å²) in [6, 6.07) is 0. The van der Waals surface area contributed by atoms with Crippen LogP contribution < -0.4 is 0 Å². The molecular weight excluding hydrogens is 711 g/mol. The summed E-state index contributed by atoms with van der Waals surface area (Å²) in [5, 5.41) is 22.2. The van der Waals surface area contributed by atoms with Crippen molar-refractivity contribution in [2.24, 2.45) is 56.2 Å². The first kappa shape index (κ1) is 42.5. The number of carbonyl (C=O) groups excluding carboxylic acids is 2. The molecule has 55 heavy (non-hydrogen) atoms. The fourth-order valence-corrected chi connectivity index (χ4v) is 14.1. The molecule has 9 unspecified atom stereocenters. The molecule has 0 spiro atoms. The number of aromatic nitrogens is 1. The summed E-state index contributed by atoms with van der Waals surface area (Å²) in [7, 11) is 4.18. The van der Waals surface area contributed by atoms with Gasteiger partial charge >= 0.3 is 11.9 Å². The van der Waals surface area contributed by atoms with E-state index in [2.05, 4.69) is 77.3 Å². The largest absolute Gasteiger partial charge is 0.481 e. The highest BCUT2D eigenvalue weighted by Crippen LogP contribution is 2.77. The predicted octanol–water partition coefficient (Wildman–Crippen LogP) is 8.26. The van der Waals surface area contributed by atoms with Crippen LogP contribution >= 0.6 is 11.3 Å². The lowest BCUT2D eigenvalue weighted by Crippen LogP contribution is -2.66. The van der Waals surface area contributed by atoms with E-state index in [9.17, 15) is 24.6 Å². The van der Waals surface area contributed by atoms with Crippen LogP contribution in [0.25, 0.3) is 0 Å². The summed E-state index contributed by atoms with van der Waals surface area (Å²) < 4.78 is 6.19. The lowest BCUT2D eigenvalue weighted by atomic mass is 9.33. The van der Waals surface area contributed by atoms with Gasteiger partial charge in [-0.1, -0.05) is 54.0 Å². The van der Waals surface area contributed by atoms with E-state index in [1.807, 2.05) is 11.7 Å². The molecule has 1 aromatic rings. The second-order valence-corrected chi connectivity index (χ2v) is 22.0. The van der Waals surface area contributed by atoms with Gasteiger partial charge in [-0.3, -0.25) is 24.3 Å². The lowest BCUT2D eigenvalue weighted by molar-refractivity contribution is -0.235. The van der Waals surface area contributed by atoms with Crippen LogP contribution in [0.4, 0.5) is 0 Å². The molecule has 308 valence electrons. The maximum absolute atomic E-state index is 14.3. The molecule has 2 N–H and O–H groups in total. The Hall–Kier alpha value is -2.14. The Kier molecular flexibility index (Phi) is 11.5. The highest BCUT2D eigenvalue weighted by Gasteiger charge is 2.71. The van der Waals surface area contributed by atoms with Gasteiger partial charge in [-0.25, -0.2) is 0 Å². The quantitative estimate of drug-likeness (QED) is 0.191. The van der Waals surface area contributed by atoms with Crippen molar-refractivity contribution in [2.75, 3.05) is 33.7 Å². The molecule has 1 heterocycles. The third-order valence-corrected chi connectivity index (χ3v) is 17.4. The Morgan fingerprint density at radius 1 is 0.982 bits per heavy atom. The van der Waals surface area contributed by atoms with Crippen LogP contribution in [0.5, 0.6) is 0 Å². The number of carboxylic acid groups (broad SMARTS) is 1. The number of carboxylic acids is 1. The number of likely N-dealkylation sites (N-methyl/N-ethyl adjacent to an activating group) is 1. The Balaban J connectivity index is 1.28. The first-order valence-electron chi connectivity index (χ1n) is 21.2. The molecule has 0 aliphatic heterocycles. The van der Waals surface area contributed by atoms with Gasteiger partial charge in [0.25, 0.3) is 0 Å². The Bertz CT molecular complexity index is 1650.